The zero-order chi connectivity index (χ0) is 27.5. The highest BCUT2D eigenvalue weighted by molar-refractivity contribution is 6.02. The number of nitriles is 1. The highest BCUT2D eigenvalue weighted by atomic mass is 16.5. The van der Waals surface area contributed by atoms with Crippen molar-refractivity contribution in [1.82, 2.24) is 15.2 Å². The van der Waals surface area contributed by atoms with Gasteiger partial charge in [-0.3, -0.25) is 14.4 Å². The van der Waals surface area contributed by atoms with Gasteiger partial charge in [0.05, 0.1) is 19.2 Å². The average molecular weight is 529 g/mol. The van der Waals surface area contributed by atoms with Crippen LogP contribution in [0.1, 0.15) is 54.1 Å². The minimum absolute atomic E-state index is 0.0689. The summed E-state index contributed by atoms with van der Waals surface area (Å²) in [6.45, 7) is 0.333. The third-order valence-electron chi connectivity index (χ3n) is 8.02. The molecule has 39 heavy (non-hydrogen) atoms. The van der Waals surface area contributed by atoms with Crippen LogP contribution in [0.25, 0.3) is 10.9 Å². The molecule has 5 atom stereocenters. The van der Waals surface area contributed by atoms with Crippen molar-refractivity contribution in [3.05, 3.63) is 65.9 Å². The molecule has 1 unspecified atom stereocenters. The smallest absolute Gasteiger partial charge is 0.271 e. The molecule has 0 radical (unpaired) electrons. The van der Waals surface area contributed by atoms with Crippen LogP contribution in [0.15, 0.2) is 54.6 Å². The Morgan fingerprint density at radius 3 is 2.72 bits per heavy atom. The number of carbonyl (C=O) groups excluding carboxylic acids is 3. The molecule has 9 nitrogen and oxygen atoms in total. The van der Waals surface area contributed by atoms with Crippen molar-refractivity contribution >= 4 is 28.5 Å². The van der Waals surface area contributed by atoms with Gasteiger partial charge in [-0.15, -0.1) is 0 Å². The largest absolute Gasteiger partial charge is 0.496 e. The van der Waals surface area contributed by atoms with Gasteiger partial charge >= 0.3 is 0 Å². The Hall–Kier alpha value is -4.16. The van der Waals surface area contributed by atoms with Crippen LogP contribution in [-0.2, 0) is 9.59 Å². The molecule has 0 bridgehead atoms. The van der Waals surface area contributed by atoms with Crippen molar-refractivity contribution in [2.75, 3.05) is 13.7 Å². The van der Waals surface area contributed by atoms with E-state index in [-0.39, 0.29) is 29.9 Å². The molecule has 1 saturated heterocycles. The number of nitrogens with zero attached hydrogens (tertiary/aromatic N) is 2. The Labute approximate surface area is 226 Å². The van der Waals surface area contributed by atoms with Gasteiger partial charge in [-0.2, -0.15) is 5.26 Å². The van der Waals surface area contributed by atoms with Crippen LogP contribution in [0.4, 0.5) is 0 Å². The van der Waals surface area contributed by atoms with E-state index in [0.717, 1.165) is 22.9 Å². The summed E-state index contributed by atoms with van der Waals surface area (Å²) < 4.78 is 5.44. The van der Waals surface area contributed by atoms with Crippen molar-refractivity contribution in [2.45, 2.75) is 56.2 Å². The van der Waals surface area contributed by atoms with Crippen LogP contribution < -0.4 is 10.1 Å². The summed E-state index contributed by atoms with van der Waals surface area (Å²) >= 11 is 0. The number of H-pyrrole nitrogens is 1. The standard InChI is InChI=1S/C30H32N4O5/c1-39-28-12-6-10-22-21(28)15-24(32-22)30(38)34-17-20(18-7-3-2-4-8-18)14-25(34)29(37)33-23(27(36)16-31)13-19-9-5-11-26(19)35/h2-4,6-8,10,12,15,19-20,23,25,27,32,36H,5,9,11,13-14,17H2,1H3,(H,33,37)/t19-,20+,23-,25-,27?/m0/s1. The number of fused-ring (bicyclic) bond motifs is 1. The van der Waals surface area contributed by atoms with Gasteiger partial charge in [-0.25, -0.2) is 0 Å². The first-order chi connectivity index (χ1) is 18.9. The fourth-order valence-corrected chi connectivity index (χ4v) is 5.93. The van der Waals surface area contributed by atoms with Crippen molar-refractivity contribution in [1.29, 1.82) is 5.26 Å². The van der Waals surface area contributed by atoms with Crippen LogP contribution in [0, 0.1) is 17.2 Å². The molecule has 5 rings (SSSR count). The van der Waals surface area contributed by atoms with Gasteiger partial charge in [0.1, 0.15) is 23.3 Å². The van der Waals surface area contributed by atoms with Crippen molar-refractivity contribution < 1.29 is 24.2 Å². The molecule has 1 aromatic heterocycles. The Balaban J connectivity index is 1.42. The molecule has 1 saturated carbocycles. The lowest BCUT2D eigenvalue weighted by Gasteiger charge is -2.28. The summed E-state index contributed by atoms with van der Waals surface area (Å²) in [5.74, 6) is -0.403. The first kappa shape index (κ1) is 26.4. The number of aromatic nitrogens is 1. The number of aliphatic hydroxyl groups excluding tert-OH is 1. The van der Waals surface area contributed by atoms with E-state index in [1.165, 1.54) is 0 Å². The van der Waals surface area contributed by atoms with Crippen molar-refractivity contribution in [3.8, 4) is 11.8 Å². The Bertz CT molecular complexity index is 1410. The van der Waals surface area contributed by atoms with Gasteiger partial charge in [0, 0.05) is 35.7 Å². The van der Waals surface area contributed by atoms with Gasteiger partial charge in [-0.05, 0) is 49.4 Å². The number of benzene rings is 2. The normalized spacial score (nSPS) is 22.4. The van der Waals surface area contributed by atoms with Gasteiger partial charge in [0.25, 0.3) is 5.91 Å². The van der Waals surface area contributed by atoms with Gasteiger partial charge in [0.2, 0.25) is 5.91 Å². The average Bonchev–Trinajstić information content (AvgIpc) is 3.70. The quantitative estimate of drug-likeness (QED) is 0.384. The first-order valence-corrected chi connectivity index (χ1v) is 13.3. The van der Waals surface area contributed by atoms with Gasteiger partial charge in [0.15, 0.2) is 6.10 Å². The third kappa shape index (κ3) is 5.38. The minimum Gasteiger partial charge on any atom is -0.496 e. The summed E-state index contributed by atoms with van der Waals surface area (Å²) in [4.78, 5) is 44.5. The van der Waals surface area contributed by atoms with E-state index in [1.807, 2.05) is 48.5 Å². The molecule has 9 heteroatoms. The van der Waals surface area contributed by atoms with Crippen LogP contribution in [-0.4, -0.2) is 64.4 Å². The van der Waals surface area contributed by atoms with E-state index in [2.05, 4.69) is 10.3 Å². The molecular weight excluding hydrogens is 496 g/mol. The van der Waals surface area contributed by atoms with Crippen molar-refractivity contribution in [3.63, 3.8) is 0 Å². The van der Waals surface area contributed by atoms with E-state index in [0.29, 0.717) is 37.3 Å². The molecule has 2 fully saturated rings. The predicted molar refractivity (Wildman–Crippen MR) is 144 cm³/mol. The number of Topliss-reactive ketones (excluding diaryl/α,β-unsaturated/α-hetero) is 1. The number of nitrogens with one attached hydrogen (secondary N) is 2. The second kappa shape index (κ2) is 11.3. The fourth-order valence-electron chi connectivity index (χ4n) is 5.93. The summed E-state index contributed by atoms with van der Waals surface area (Å²) in [6.07, 6.45) is 1.06. The number of likely N-dealkylation sites (tertiary alicyclic amines) is 1. The lowest BCUT2D eigenvalue weighted by Crippen LogP contribution is -2.52. The number of ketones is 1. The number of aliphatic hydroxyl groups is 1. The van der Waals surface area contributed by atoms with E-state index in [4.69, 9.17) is 4.74 Å². The zero-order valence-corrected chi connectivity index (χ0v) is 21.8. The molecule has 1 aliphatic heterocycles. The van der Waals surface area contributed by atoms with E-state index >= 15 is 0 Å². The topological polar surface area (TPSA) is 136 Å². The maximum absolute atomic E-state index is 13.8. The number of carbonyl (C=O) groups is 3. The Morgan fingerprint density at radius 2 is 2.03 bits per heavy atom. The maximum atomic E-state index is 13.8. The van der Waals surface area contributed by atoms with Gasteiger partial charge < -0.3 is 25.0 Å². The fraction of sp³-hybridized carbons (Fsp3) is 0.400. The second-order valence-electron chi connectivity index (χ2n) is 10.4. The lowest BCUT2D eigenvalue weighted by atomic mass is 9.93. The lowest BCUT2D eigenvalue weighted by molar-refractivity contribution is -0.127. The summed E-state index contributed by atoms with van der Waals surface area (Å²) in [7, 11) is 1.57. The van der Waals surface area contributed by atoms with E-state index in [9.17, 15) is 24.8 Å². The van der Waals surface area contributed by atoms with Crippen LogP contribution >= 0.6 is 0 Å². The third-order valence-corrected chi connectivity index (χ3v) is 8.02. The molecule has 2 amide bonds. The molecular formula is C30H32N4O5. The zero-order valence-electron chi connectivity index (χ0n) is 21.8. The Kier molecular flexibility index (Phi) is 7.66. The molecule has 3 aromatic rings. The molecule has 1 aliphatic carbocycles. The Morgan fingerprint density at radius 1 is 1.23 bits per heavy atom. The number of amides is 2. The SMILES string of the molecule is COc1cccc2[nH]c(C(=O)N3C[C@H](c4ccccc4)C[C@H]3C(=O)N[C@@H](C[C@@H]3CCCC3=O)C(O)C#N)cc12. The summed E-state index contributed by atoms with van der Waals surface area (Å²) in [5.41, 5.74) is 2.11. The molecule has 2 aliphatic rings. The van der Waals surface area contributed by atoms with Gasteiger partial charge in [-0.1, -0.05) is 36.4 Å². The highest BCUT2D eigenvalue weighted by Gasteiger charge is 2.42. The van der Waals surface area contributed by atoms with E-state index in [1.54, 1.807) is 24.1 Å². The molecule has 202 valence electrons. The molecule has 0 spiro atoms. The number of ether oxygens (including phenoxy) is 1. The maximum Gasteiger partial charge on any atom is 0.271 e. The summed E-state index contributed by atoms with van der Waals surface area (Å²) in [6, 6.07) is 17.1. The predicted octanol–water partition coefficient (Wildman–Crippen LogP) is 3.30. The minimum atomic E-state index is -1.46. The van der Waals surface area contributed by atoms with E-state index < -0.39 is 24.1 Å². The number of hydrogen-bond donors (Lipinski definition) is 3. The van der Waals surface area contributed by atoms with Crippen LogP contribution in [0.5, 0.6) is 5.75 Å². The monoisotopic (exact) mass is 528 g/mol. The highest BCUT2D eigenvalue weighted by Crippen LogP contribution is 2.34. The number of aromatic amines is 1. The number of methoxy groups -OCH3 is 1. The van der Waals surface area contributed by atoms with Crippen LogP contribution in [0.2, 0.25) is 0 Å². The number of hydrogen-bond acceptors (Lipinski definition) is 6. The summed E-state index contributed by atoms with van der Waals surface area (Å²) in [5, 5.41) is 23.4. The van der Waals surface area contributed by atoms with Crippen molar-refractivity contribution in [2.24, 2.45) is 5.92 Å². The first-order valence-electron chi connectivity index (χ1n) is 13.3. The molecule has 2 heterocycles. The second-order valence-corrected chi connectivity index (χ2v) is 10.4. The number of rotatable bonds is 8. The molecule has 3 N–H and O–H groups in total. The molecule has 2 aromatic carbocycles. The van der Waals surface area contributed by atoms with Crippen LogP contribution in [0.3, 0.4) is 0 Å².